The number of H-pyrrole nitrogens is 1. The second-order valence-corrected chi connectivity index (χ2v) is 6.14. The normalized spacial score (nSPS) is 21.4. The maximum absolute atomic E-state index is 5.58. The van der Waals surface area contributed by atoms with Gasteiger partial charge in [0.15, 0.2) is 5.11 Å². The number of aromatic nitrogens is 2. The van der Waals surface area contributed by atoms with E-state index < -0.39 is 0 Å². The zero-order valence-electron chi connectivity index (χ0n) is 12.9. The minimum atomic E-state index is 0.0644. The first-order chi connectivity index (χ1) is 10.7. The Labute approximate surface area is 136 Å². The number of pyridine rings is 1. The summed E-state index contributed by atoms with van der Waals surface area (Å²) in [5.74, 6) is 0. The van der Waals surface area contributed by atoms with Crippen LogP contribution in [0.4, 0.5) is 0 Å². The summed E-state index contributed by atoms with van der Waals surface area (Å²) in [7, 11) is 4.15. The molecule has 3 rings (SSSR count). The van der Waals surface area contributed by atoms with Crippen molar-refractivity contribution in [2.75, 3.05) is 27.2 Å². The molecule has 5 nitrogen and oxygen atoms in total. The molecular weight excluding hydrogens is 294 g/mol. The average Bonchev–Trinajstić information content (AvgIpc) is 3.13. The fourth-order valence-corrected chi connectivity index (χ4v) is 3.15. The first-order valence-electron chi connectivity index (χ1n) is 7.43. The van der Waals surface area contributed by atoms with Gasteiger partial charge in [0.1, 0.15) is 0 Å². The van der Waals surface area contributed by atoms with Crippen LogP contribution >= 0.6 is 12.2 Å². The Morgan fingerprint density at radius 1 is 1.27 bits per heavy atom. The van der Waals surface area contributed by atoms with Crippen molar-refractivity contribution >= 4 is 17.3 Å². The number of rotatable bonds is 5. The topological polar surface area (TPSA) is 47.2 Å². The fraction of sp³-hybridized carbons (Fsp3) is 0.375. The molecule has 0 amide bonds. The molecule has 1 fully saturated rings. The SMILES string of the molecule is CN(C)CCN1C(=S)NC(c2ccccn2)C1c1ccc[nH]1. The van der Waals surface area contributed by atoms with Gasteiger partial charge in [-0.2, -0.15) is 0 Å². The summed E-state index contributed by atoms with van der Waals surface area (Å²) in [5.41, 5.74) is 2.17. The molecule has 0 aromatic carbocycles. The first-order valence-corrected chi connectivity index (χ1v) is 7.83. The van der Waals surface area contributed by atoms with E-state index in [-0.39, 0.29) is 12.1 Å². The van der Waals surface area contributed by atoms with Gasteiger partial charge in [-0.3, -0.25) is 4.98 Å². The molecule has 22 heavy (non-hydrogen) atoms. The number of likely N-dealkylation sites (N-methyl/N-ethyl adjacent to an activating group) is 1. The highest BCUT2D eigenvalue weighted by Crippen LogP contribution is 2.37. The molecule has 2 unspecified atom stereocenters. The predicted molar refractivity (Wildman–Crippen MR) is 91.5 cm³/mol. The molecule has 0 bridgehead atoms. The number of hydrogen-bond acceptors (Lipinski definition) is 3. The van der Waals surface area contributed by atoms with Crippen LogP contribution in [0.3, 0.4) is 0 Å². The minimum absolute atomic E-state index is 0.0644. The Hall–Kier alpha value is -1.92. The fourth-order valence-electron chi connectivity index (χ4n) is 2.82. The summed E-state index contributed by atoms with van der Waals surface area (Å²) in [4.78, 5) is 12.3. The van der Waals surface area contributed by atoms with E-state index in [0.717, 1.165) is 29.6 Å². The molecule has 0 aliphatic carbocycles. The zero-order chi connectivity index (χ0) is 15.5. The monoisotopic (exact) mass is 315 g/mol. The molecule has 2 atom stereocenters. The zero-order valence-corrected chi connectivity index (χ0v) is 13.7. The number of aromatic amines is 1. The molecule has 2 aromatic rings. The van der Waals surface area contributed by atoms with Gasteiger partial charge in [-0.1, -0.05) is 6.07 Å². The smallest absolute Gasteiger partial charge is 0.170 e. The van der Waals surface area contributed by atoms with Crippen LogP contribution in [0, 0.1) is 0 Å². The molecular formula is C16H21N5S. The van der Waals surface area contributed by atoms with Crippen molar-refractivity contribution in [3.05, 3.63) is 54.1 Å². The molecule has 0 radical (unpaired) electrons. The Bertz CT molecular complexity index is 611. The van der Waals surface area contributed by atoms with Crippen molar-refractivity contribution in [1.29, 1.82) is 0 Å². The molecule has 3 heterocycles. The second kappa shape index (κ2) is 6.46. The largest absolute Gasteiger partial charge is 0.363 e. The van der Waals surface area contributed by atoms with Gasteiger partial charge in [0.2, 0.25) is 0 Å². The molecule has 0 spiro atoms. The van der Waals surface area contributed by atoms with E-state index in [1.165, 1.54) is 0 Å². The Kier molecular flexibility index (Phi) is 4.40. The second-order valence-electron chi connectivity index (χ2n) is 5.75. The van der Waals surface area contributed by atoms with Crippen LogP contribution in [-0.4, -0.2) is 52.1 Å². The average molecular weight is 315 g/mol. The summed E-state index contributed by atoms with van der Waals surface area (Å²) in [6.07, 6.45) is 3.78. The van der Waals surface area contributed by atoms with Crippen LogP contribution in [0.15, 0.2) is 42.7 Å². The third kappa shape index (κ3) is 2.98. The van der Waals surface area contributed by atoms with Crippen LogP contribution in [0.25, 0.3) is 0 Å². The lowest BCUT2D eigenvalue weighted by atomic mass is 10.0. The van der Waals surface area contributed by atoms with Gasteiger partial charge in [-0.25, -0.2) is 0 Å². The number of nitrogens with one attached hydrogen (secondary N) is 2. The highest BCUT2D eigenvalue weighted by atomic mass is 32.1. The molecule has 2 aromatic heterocycles. The van der Waals surface area contributed by atoms with Crippen molar-refractivity contribution < 1.29 is 0 Å². The lowest BCUT2D eigenvalue weighted by Gasteiger charge is -2.28. The summed E-state index contributed by atoms with van der Waals surface area (Å²) in [6.45, 7) is 1.83. The van der Waals surface area contributed by atoms with Gasteiger partial charge in [0, 0.05) is 31.2 Å². The van der Waals surface area contributed by atoms with Crippen molar-refractivity contribution in [1.82, 2.24) is 25.1 Å². The molecule has 1 aliphatic rings. The minimum Gasteiger partial charge on any atom is -0.363 e. The summed E-state index contributed by atoms with van der Waals surface area (Å²) < 4.78 is 0. The van der Waals surface area contributed by atoms with E-state index >= 15 is 0 Å². The Morgan fingerprint density at radius 3 is 2.77 bits per heavy atom. The predicted octanol–water partition coefficient (Wildman–Crippen LogP) is 1.94. The molecule has 0 saturated carbocycles. The van der Waals surface area contributed by atoms with Gasteiger partial charge in [-0.15, -0.1) is 0 Å². The van der Waals surface area contributed by atoms with Gasteiger partial charge >= 0.3 is 0 Å². The van der Waals surface area contributed by atoms with Crippen LogP contribution in [0.2, 0.25) is 0 Å². The van der Waals surface area contributed by atoms with Crippen LogP contribution in [0.5, 0.6) is 0 Å². The van der Waals surface area contributed by atoms with E-state index in [9.17, 15) is 0 Å². The standard InChI is InChI=1S/C16H21N5S/c1-20(2)10-11-21-15(13-7-5-9-18-13)14(19-16(21)22)12-6-3-4-8-17-12/h3-9,14-15,18H,10-11H2,1-2H3,(H,19,22). The van der Waals surface area contributed by atoms with Gasteiger partial charge in [-0.05, 0) is 50.6 Å². The number of thiocarbonyl (C=S) groups is 1. The summed E-state index contributed by atoms with van der Waals surface area (Å²) in [6, 6.07) is 10.3. The van der Waals surface area contributed by atoms with E-state index in [4.69, 9.17) is 12.2 Å². The number of nitrogens with zero attached hydrogens (tertiary/aromatic N) is 3. The quantitative estimate of drug-likeness (QED) is 0.826. The van der Waals surface area contributed by atoms with E-state index in [2.05, 4.69) is 45.2 Å². The highest BCUT2D eigenvalue weighted by molar-refractivity contribution is 7.80. The number of hydrogen-bond donors (Lipinski definition) is 2. The van der Waals surface area contributed by atoms with Crippen LogP contribution in [-0.2, 0) is 0 Å². The molecule has 116 valence electrons. The van der Waals surface area contributed by atoms with Gasteiger partial charge in [0.25, 0.3) is 0 Å². The van der Waals surface area contributed by atoms with Gasteiger partial charge < -0.3 is 20.1 Å². The molecule has 1 saturated heterocycles. The van der Waals surface area contributed by atoms with Crippen molar-refractivity contribution in [3.8, 4) is 0 Å². The van der Waals surface area contributed by atoms with Crippen molar-refractivity contribution in [3.63, 3.8) is 0 Å². The van der Waals surface area contributed by atoms with Gasteiger partial charge in [0.05, 0.1) is 17.8 Å². The molecule has 2 N–H and O–H groups in total. The maximum atomic E-state index is 5.58. The van der Waals surface area contributed by atoms with Crippen molar-refractivity contribution in [2.45, 2.75) is 12.1 Å². The van der Waals surface area contributed by atoms with Crippen molar-refractivity contribution in [2.24, 2.45) is 0 Å². The van der Waals surface area contributed by atoms with Crippen LogP contribution < -0.4 is 5.32 Å². The Morgan fingerprint density at radius 2 is 2.14 bits per heavy atom. The van der Waals surface area contributed by atoms with E-state index in [0.29, 0.717) is 0 Å². The first kappa shape index (κ1) is 15.0. The summed E-state index contributed by atoms with van der Waals surface area (Å²) >= 11 is 5.58. The Balaban J connectivity index is 1.92. The maximum Gasteiger partial charge on any atom is 0.170 e. The molecule has 6 heteroatoms. The third-order valence-corrected chi connectivity index (χ3v) is 4.28. The third-order valence-electron chi connectivity index (χ3n) is 3.93. The highest BCUT2D eigenvalue weighted by Gasteiger charge is 2.39. The van der Waals surface area contributed by atoms with Crippen LogP contribution in [0.1, 0.15) is 23.5 Å². The lowest BCUT2D eigenvalue weighted by molar-refractivity contribution is 0.274. The lowest BCUT2D eigenvalue weighted by Crippen LogP contribution is -2.35. The van der Waals surface area contributed by atoms with E-state index in [1.807, 2.05) is 36.7 Å². The summed E-state index contributed by atoms with van der Waals surface area (Å²) in [5, 5.41) is 4.23. The van der Waals surface area contributed by atoms with E-state index in [1.54, 1.807) is 0 Å². The molecule has 1 aliphatic heterocycles.